The zero-order chi connectivity index (χ0) is 26.8. The van der Waals surface area contributed by atoms with Crippen LogP contribution in [0.5, 0.6) is 0 Å². The summed E-state index contributed by atoms with van der Waals surface area (Å²) in [6.07, 6.45) is 5.06. The van der Waals surface area contributed by atoms with Crippen molar-refractivity contribution < 1.29 is 36.9 Å². The molecule has 1 atom stereocenters. The number of aliphatic hydroxyl groups is 1. The molecule has 4 N–H and O–H groups in total. The molecule has 1 saturated carbocycles. The Morgan fingerprint density at radius 1 is 1.08 bits per heavy atom. The van der Waals surface area contributed by atoms with Gasteiger partial charge in [0.1, 0.15) is 11.4 Å². The van der Waals surface area contributed by atoms with Gasteiger partial charge in [-0.05, 0) is 45.4 Å². The molecule has 0 spiro atoms. The molecule has 2 aliphatic rings. The lowest BCUT2D eigenvalue weighted by Gasteiger charge is -2.32. The molecular weight excluding hydrogens is 500 g/mol. The number of hydrogen-bond donors (Lipinski definition) is 4. The maximum absolute atomic E-state index is 13.2. The Morgan fingerprint density at radius 2 is 1.76 bits per heavy atom. The summed E-state index contributed by atoms with van der Waals surface area (Å²) < 4.78 is 57.6. The van der Waals surface area contributed by atoms with Crippen molar-refractivity contribution in [3.63, 3.8) is 0 Å². The SMILES string of the molecule is C[C@@H](COC(F)F)Nc1ncc(C(=O)NC2CCN(CCOC(F)F)CC2)c(NC2CCC(O)CC2)n1. The summed E-state index contributed by atoms with van der Waals surface area (Å²) in [5.41, 5.74) is 0.251. The van der Waals surface area contributed by atoms with E-state index in [1.165, 1.54) is 6.20 Å². The average Bonchev–Trinajstić information content (AvgIpc) is 2.85. The molecule has 210 valence electrons. The van der Waals surface area contributed by atoms with E-state index in [0.29, 0.717) is 64.0 Å². The van der Waals surface area contributed by atoms with Crippen LogP contribution in [0, 0.1) is 0 Å². The van der Waals surface area contributed by atoms with Gasteiger partial charge in [-0.1, -0.05) is 0 Å². The number of likely N-dealkylation sites (tertiary alicyclic amines) is 1. The summed E-state index contributed by atoms with van der Waals surface area (Å²) >= 11 is 0. The van der Waals surface area contributed by atoms with Crippen LogP contribution in [0.2, 0.25) is 0 Å². The lowest BCUT2D eigenvalue weighted by atomic mass is 9.93. The predicted molar refractivity (Wildman–Crippen MR) is 128 cm³/mol. The van der Waals surface area contributed by atoms with Crippen molar-refractivity contribution in [3.05, 3.63) is 11.8 Å². The smallest absolute Gasteiger partial charge is 0.345 e. The zero-order valence-corrected chi connectivity index (χ0v) is 20.8. The predicted octanol–water partition coefficient (Wildman–Crippen LogP) is 2.67. The van der Waals surface area contributed by atoms with Gasteiger partial charge in [0.25, 0.3) is 5.91 Å². The molecule has 2 fully saturated rings. The molecule has 14 heteroatoms. The molecule has 37 heavy (non-hydrogen) atoms. The maximum Gasteiger partial charge on any atom is 0.345 e. The number of carbonyl (C=O) groups excluding carboxylic acids is 1. The first-order valence-electron chi connectivity index (χ1n) is 12.6. The van der Waals surface area contributed by atoms with Crippen LogP contribution >= 0.6 is 0 Å². The number of amides is 1. The Bertz CT molecular complexity index is 839. The van der Waals surface area contributed by atoms with Gasteiger partial charge in [0.15, 0.2) is 0 Å². The van der Waals surface area contributed by atoms with Crippen LogP contribution in [-0.2, 0) is 9.47 Å². The standard InChI is InChI=1S/C23H36F4N6O4/c1-14(13-37-22(26)27)29-23-28-12-18(19(32-23)30-15-2-4-17(34)5-3-15)20(35)31-16-6-8-33(9-7-16)10-11-36-21(24)25/h12,14-17,21-22,34H,2-11,13H2,1H3,(H,31,35)(H2,28,29,30,32)/t14-,15?,17?/m0/s1. The van der Waals surface area contributed by atoms with Crippen molar-refractivity contribution in [3.8, 4) is 0 Å². The van der Waals surface area contributed by atoms with Crippen molar-refractivity contribution >= 4 is 17.7 Å². The van der Waals surface area contributed by atoms with Crippen LogP contribution in [0.1, 0.15) is 55.8 Å². The summed E-state index contributed by atoms with van der Waals surface area (Å²) in [4.78, 5) is 23.8. The molecule has 0 unspecified atom stereocenters. The number of rotatable bonds is 13. The van der Waals surface area contributed by atoms with E-state index in [1.807, 2.05) is 4.90 Å². The van der Waals surface area contributed by atoms with Gasteiger partial charge in [-0.15, -0.1) is 0 Å². The quantitative estimate of drug-likeness (QED) is 0.282. The van der Waals surface area contributed by atoms with E-state index < -0.39 is 19.3 Å². The maximum atomic E-state index is 13.2. The summed E-state index contributed by atoms with van der Waals surface area (Å²) in [6.45, 7) is -2.63. The molecule has 1 aromatic rings. The van der Waals surface area contributed by atoms with Gasteiger partial charge in [-0.2, -0.15) is 22.5 Å². The van der Waals surface area contributed by atoms with Crippen molar-refractivity contribution in [2.24, 2.45) is 0 Å². The van der Waals surface area contributed by atoms with E-state index in [-0.39, 0.29) is 48.8 Å². The number of alkyl halides is 4. The van der Waals surface area contributed by atoms with Crippen molar-refractivity contribution in [1.82, 2.24) is 20.2 Å². The third-order valence-corrected chi connectivity index (χ3v) is 6.49. The number of ether oxygens (including phenoxy) is 2. The van der Waals surface area contributed by atoms with Gasteiger partial charge in [0, 0.05) is 44.0 Å². The number of halogens is 4. The van der Waals surface area contributed by atoms with E-state index in [2.05, 4.69) is 35.4 Å². The Balaban J connectivity index is 1.61. The monoisotopic (exact) mass is 536 g/mol. The molecular formula is C23H36F4N6O4. The number of aliphatic hydroxyl groups excluding tert-OH is 1. The number of anilines is 2. The van der Waals surface area contributed by atoms with Crippen molar-refractivity contribution in [1.29, 1.82) is 0 Å². The molecule has 1 aliphatic heterocycles. The van der Waals surface area contributed by atoms with E-state index in [1.54, 1.807) is 6.92 Å². The highest BCUT2D eigenvalue weighted by Crippen LogP contribution is 2.24. The number of piperidine rings is 1. The largest absolute Gasteiger partial charge is 0.393 e. The summed E-state index contributed by atoms with van der Waals surface area (Å²) in [6, 6.07) is -0.583. The van der Waals surface area contributed by atoms with E-state index in [0.717, 1.165) is 0 Å². The number of carbonyl (C=O) groups is 1. The van der Waals surface area contributed by atoms with E-state index in [4.69, 9.17) is 0 Å². The number of hydrogen-bond acceptors (Lipinski definition) is 9. The molecule has 3 rings (SSSR count). The summed E-state index contributed by atoms with van der Waals surface area (Å²) in [5, 5.41) is 19.0. The molecule has 1 amide bonds. The lowest BCUT2D eigenvalue weighted by Crippen LogP contribution is -2.45. The van der Waals surface area contributed by atoms with Crippen LogP contribution in [0.3, 0.4) is 0 Å². The van der Waals surface area contributed by atoms with Crippen LogP contribution in [0.25, 0.3) is 0 Å². The minimum absolute atomic E-state index is 0.0102. The normalized spacial score (nSPS) is 22.3. The van der Waals surface area contributed by atoms with E-state index in [9.17, 15) is 27.5 Å². The number of aromatic nitrogens is 2. The van der Waals surface area contributed by atoms with Gasteiger partial charge in [0.05, 0.1) is 19.3 Å². The molecule has 0 radical (unpaired) electrons. The van der Waals surface area contributed by atoms with Gasteiger partial charge < -0.3 is 35.4 Å². The Labute approximate surface area is 213 Å². The van der Waals surface area contributed by atoms with Gasteiger partial charge in [-0.3, -0.25) is 4.79 Å². The highest BCUT2D eigenvalue weighted by molar-refractivity contribution is 5.98. The zero-order valence-electron chi connectivity index (χ0n) is 20.8. The molecule has 0 bridgehead atoms. The van der Waals surface area contributed by atoms with Crippen LogP contribution in [0.15, 0.2) is 6.20 Å². The summed E-state index contributed by atoms with van der Waals surface area (Å²) in [5.74, 6) is 0.137. The molecule has 1 aliphatic carbocycles. The third-order valence-electron chi connectivity index (χ3n) is 6.49. The van der Waals surface area contributed by atoms with Crippen LogP contribution < -0.4 is 16.0 Å². The second-order valence-electron chi connectivity index (χ2n) is 9.47. The molecule has 2 heterocycles. The highest BCUT2D eigenvalue weighted by Gasteiger charge is 2.26. The van der Waals surface area contributed by atoms with Crippen LogP contribution in [-0.4, -0.2) is 96.2 Å². The van der Waals surface area contributed by atoms with Gasteiger partial charge in [-0.25, -0.2) is 4.98 Å². The number of nitrogens with zero attached hydrogens (tertiary/aromatic N) is 3. The fraction of sp³-hybridized carbons (Fsp3) is 0.783. The first kappa shape index (κ1) is 29.3. The van der Waals surface area contributed by atoms with Crippen molar-refractivity contribution in [2.45, 2.75) is 82.9 Å². The number of nitrogens with one attached hydrogen (secondary N) is 3. The first-order chi connectivity index (χ1) is 17.7. The van der Waals surface area contributed by atoms with Crippen molar-refractivity contribution in [2.75, 3.05) is 43.5 Å². The van der Waals surface area contributed by atoms with Gasteiger partial charge >= 0.3 is 13.2 Å². The minimum atomic E-state index is -2.88. The third kappa shape index (κ3) is 10.2. The van der Waals surface area contributed by atoms with Crippen LogP contribution in [0.4, 0.5) is 29.3 Å². The fourth-order valence-corrected chi connectivity index (χ4v) is 4.46. The summed E-state index contributed by atoms with van der Waals surface area (Å²) in [7, 11) is 0. The Hall–Kier alpha value is -2.29. The average molecular weight is 537 g/mol. The Kier molecular flexibility index (Phi) is 11.5. The topological polar surface area (TPSA) is 121 Å². The second-order valence-corrected chi connectivity index (χ2v) is 9.47. The Morgan fingerprint density at radius 3 is 2.41 bits per heavy atom. The molecule has 10 nitrogen and oxygen atoms in total. The second kappa shape index (κ2) is 14.6. The fourth-order valence-electron chi connectivity index (χ4n) is 4.46. The first-order valence-corrected chi connectivity index (χ1v) is 12.6. The highest BCUT2D eigenvalue weighted by atomic mass is 19.3. The van der Waals surface area contributed by atoms with Gasteiger partial charge in [0.2, 0.25) is 5.95 Å². The molecule has 1 aromatic heterocycles. The lowest BCUT2D eigenvalue weighted by molar-refractivity contribution is -0.132. The molecule has 0 aromatic carbocycles. The molecule has 1 saturated heterocycles. The van der Waals surface area contributed by atoms with E-state index >= 15 is 0 Å². The minimum Gasteiger partial charge on any atom is -0.393 e.